The number of hydrogen-bond donors (Lipinski definition) is 2. The molecule has 2 N–H and O–H groups in total. The maximum atomic E-state index is 12.5. The van der Waals surface area contributed by atoms with Gasteiger partial charge in [0, 0.05) is 17.3 Å². The normalized spacial score (nSPS) is 10.9. The Kier molecular flexibility index (Phi) is 5.65. The first-order valence-electron chi connectivity index (χ1n) is 8.52. The maximum Gasteiger partial charge on any atom is 0.261 e. The first-order valence-corrected chi connectivity index (χ1v) is 10.0. The van der Waals surface area contributed by atoms with Crippen LogP contribution in [0.15, 0.2) is 77.7 Å². The number of aryl methyl sites for hydroxylation is 1. The van der Waals surface area contributed by atoms with Gasteiger partial charge in [-0.1, -0.05) is 23.8 Å². The predicted molar refractivity (Wildman–Crippen MR) is 109 cm³/mol. The number of anilines is 2. The molecule has 0 aliphatic rings. The first-order chi connectivity index (χ1) is 13.4. The summed E-state index contributed by atoms with van der Waals surface area (Å²) >= 11 is 0. The second-order valence-electron chi connectivity index (χ2n) is 6.18. The van der Waals surface area contributed by atoms with Gasteiger partial charge in [0.05, 0.1) is 17.7 Å². The Labute approximate surface area is 164 Å². The van der Waals surface area contributed by atoms with Gasteiger partial charge >= 0.3 is 0 Å². The SMILES string of the molecule is COc1cccc(NS(=O)(=O)c2ccc(NC(=O)c3ccc(C)cc3)cc2)c1. The van der Waals surface area contributed by atoms with Crippen LogP contribution < -0.4 is 14.8 Å². The van der Waals surface area contributed by atoms with Crippen molar-refractivity contribution in [1.82, 2.24) is 0 Å². The minimum absolute atomic E-state index is 0.0867. The van der Waals surface area contributed by atoms with Gasteiger partial charge in [0.1, 0.15) is 5.75 Å². The molecule has 28 heavy (non-hydrogen) atoms. The van der Waals surface area contributed by atoms with Crippen LogP contribution in [0.25, 0.3) is 0 Å². The third-order valence-corrected chi connectivity index (χ3v) is 5.46. The Hall–Kier alpha value is -3.32. The molecule has 3 aromatic rings. The van der Waals surface area contributed by atoms with Crippen LogP contribution in [0.1, 0.15) is 15.9 Å². The van der Waals surface area contributed by atoms with Crippen molar-refractivity contribution < 1.29 is 17.9 Å². The molecule has 0 saturated heterocycles. The average Bonchev–Trinajstić information content (AvgIpc) is 2.68. The molecule has 0 saturated carbocycles. The molecule has 3 rings (SSSR count). The highest BCUT2D eigenvalue weighted by Gasteiger charge is 2.15. The van der Waals surface area contributed by atoms with Crippen LogP contribution in [-0.4, -0.2) is 21.4 Å². The molecular weight excluding hydrogens is 376 g/mol. The largest absolute Gasteiger partial charge is 0.497 e. The van der Waals surface area contributed by atoms with Crippen molar-refractivity contribution in [2.24, 2.45) is 0 Å². The number of ether oxygens (including phenoxy) is 1. The Morgan fingerprint density at radius 2 is 1.57 bits per heavy atom. The monoisotopic (exact) mass is 396 g/mol. The minimum atomic E-state index is -3.76. The molecule has 0 aliphatic carbocycles. The van der Waals surface area contributed by atoms with E-state index in [-0.39, 0.29) is 10.8 Å². The van der Waals surface area contributed by atoms with Gasteiger partial charge in [-0.25, -0.2) is 8.42 Å². The van der Waals surface area contributed by atoms with E-state index in [1.165, 1.54) is 19.2 Å². The Morgan fingerprint density at radius 1 is 0.893 bits per heavy atom. The zero-order chi connectivity index (χ0) is 20.1. The molecule has 3 aromatic carbocycles. The van der Waals surface area contributed by atoms with Crippen molar-refractivity contribution >= 4 is 27.3 Å². The molecule has 0 bridgehead atoms. The van der Waals surface area contributed by atoms with Gasteiger partial charge in [-0.05, 0) is 55.5 Å². The van der Waals surface area contributed by atoms with Crippen molar-refractivity contribution in [2.75, 3.05) is 17.1 Å². The van der Waals surface area contributed by atoms with Crippen LogP contribution in [0.2, 0.25) is 0 Å². The van der Waals surface area contributed by atoms with E-state index in [1.54, 1.807) is 48.5 Å². The third kappa shape index (κ3) is 4.69. The number of carbonyl (C=O) groups excluding carboxylic acids is 1. The number of rotatable bonds is 6. The molecule has 0 spiro atoms. The van der Waals surface area contributed by atoms with Crippen molar-refractivity contribution in [3.8, 4) is 5.75 Å². The lowest BCUT2D eigenvalue weighted by atomic mass is 10.1. The standard InChI is InChI=1S/C21H20N2O4S/c1-15-6-8-16(9-7-15)21(24)22-17-10-12-20(13-11-17)28(25,26)23-18-4-3-5-19(14-18)27-2/h3-14,23H,1-2H3,(H,22,24). The van der Waals surface area contributed by atoms with Crippen LogP contribution in [0.3, 0.4) is 0 Å². The fraction of sp³-hybridized carbons (Fsp3) is 0.0952. The molecule has 0 heterocycles. The second kappa shape index (κ2) is 8.14. The molecule has 0 radical (unpaired) electrons. The summed E-state index contributed by atoms with van der Waals surface area (Å²) in [6.45, 7) is 1.94. The van der Waals surface area contributed by atoms with Gasteiger partial charge in [-0.2, -0.15) is 0 Å². The molecule has 0 aromatic heterocycles. The van der Waals surface area contributed by atoms with E-state index in [0.717, 1.165) is 5.56 Å². The van der Waals surface area contributed by atoms with E-state index in [4.69, 9.17) is 4.74 Å². The van der Waals surface area contributed by atoms with E-state index in [0.29, 0.717) is 22.7 Å². The van der Waals surface area contributed by atoms with Gasteiger partial charge in [-0.15, -0.1) is 0 Å². The van der Waals surface area contributed by atoms with Crippen molar-refractivity contribution in [2.45, 2.75) is 11.8 Å². The summed E-state index contributed by atoms with van der Waals surface area (Å²) in [4.78, 5) is 12.3. The number of carbonyl (C=O) groups is 1. The molecule has 0 aliphatic heterocycles. The quantitative estimate of drug-likeness (QED) is 0.658. The summed E-state index contributed by atoms with van der Waals surface area (Å²) < 4.78 is 32.7. The third-order valence-electron chi connectivity index (χ3n) is 4.06. The molecule has 1 amide bonds. The molecular formula is C21H20N2O4S. The van der Waals surface area contributed by atoms with E-state index in [1.807, 2.05) is 19.1 Å². The topological polar surface area (TPSA) is 84.5 Å². The summed E-state index contributed by atoms with van der Waals surface area (Å²) in [5, 5.41) is 2.75. The van der Waals surface area contributed by atoms with Crippen LogP contribution in [0, 0.1) is 6.92 Å². The number of methoxy groups -OCH3 is 1. The number of nitrogens with one attached hydrogen (secondary N) is 2. The second-order valence-corrected chi connectivity index (χ2v) is 7.86. The molecule has 144 valence electrons. The van der Waals surface area contributed by atoms with E-state index in [9.17, 15) is 13.2 Å². The molecule has 7 heteroatoms. The average molecular weight is 396 g/mol. The highest BCUT2D eigenvalue weighted by molar-refractivity contribution is 7.92. The highest BCUT2D eigenvalue weighted by atomic mass is 32.2. The molecule has 0 atom stereocenters. The Bertz CT molecular complexity index is 1080. The minimum Gasteiger partial charge on any atom is -0.497 e. The Balaban J connectivity index is 1.72. The number of sulfonamides is 1. The highest BCUT2D eigenvalue weighted by Crippen LogP contribution is 2.22. The number of hydrogen-bond acceptors (Lipinski definition) is 4. The van der Waals surface area contributed by atoms with Crippen LogP contribution in [0.5, 0.6) is 5.75 Å². The summed E-state index contributed by atoms with van der Waals surface area (Å²) in [5.41, 5.74) is 2.50. The molecule has 0 unspecified atom stereocenters. The van der Waals surface area contributed by atoms with Crippen LogP contribution >= 0.6 is 0 Å². The Morgan fingerprint density at radius 3 is 2.21 bits per heavy atom. The van der Waals surface area contributed by atoms with Crippen molar-refractivity contribution in [1.29, 1.82) is 0 Å². The first kappa shape index (κ1) is 19.4. The predicted octanol–water partition coefficient (Wildman–Crippen LogP) is 4.06. The smallest absolute Gasteiger partial charge is 0.261 e. The summed E-state index contributed by atoms with van der Waals surface area (Å²) in [6.07, 6.45) is 0. The zero-order valence-electron chi connectivity index (χ0n) is 15.5. The maximum absolute atomic E-state index is 12.5. The van der Waals surface area contributed by atoms with Crippen molar-refractivity contribution in [3.05, 3.63) is 83.9 Å². The van der Waals surface area contributed by atoms with Crippen molar-refractivity contribution in [3.63, 3.8) is 0 Å². The zero-order valence-corrected chi connectivity index (χ0v) is 16.3. The lowest BCUT2D eigenvalue weighted by Crippen LogP contribution is -2.14. The fourth-order valence-electron chi connectivity index (χ4n) is 2.53. The van der Waals surface area contributed by atoms with Gasteiger partial charge in [0.15, 0.2) is 0 Å². The lowest BCUT2D eigenvalue weighted by molar-refractivity contribution is 0.102. The summed E-state index contributed by atoms with van der Waals surface area (Å²) in [7, 11) is -2.25. The lowest BCUT2D eigenvalue weighted by Gasteiger charge is -2.10. The van der Waals surface area contributed by atoms with E-state index in [2.05, 4.69) is 10.0 Å². The van der Waals surface area contributed by atoms with Gasteiger partial charge in [0.2, 0.25) is 0 Å². The summed E-state index contributed by atoms with van der Waals surface area (Å²) in [5.74, 6) is 0.291. The fourth-order valence-corrected chi connectivity index (χ4v) is 3.58. The van der Waals surface area contributed by atoms with Gasteiger partial charge in [0.25, 0.3) is 15.9 Å². The number of benzene rings is 3. The van der Waals surface area contributed by atoms with Crippen LogP contribution in [-0.2, 0) is 10.0 Å². The van der Waals surface area contributed by atoms with Crippen LogP contribution in [0.4, 0.5) is 11.4 Å². The molecule has 0 fully saturated rings. The van der Waals surface area contributed by atoms with E-state index < -0.39 is 10.0 Å². The summed E-state index contributed by atoms with van der Waals surface area (Å²) in [6, 6.07) is 19.8. The number of amides is 1. The van der Waals surface area contributed by atoms with Gasteiger partial charge in [-0.3, -0.25) is 9.52 Å². The molecule has 6 nitrogen and oxygen atoms in total. The van der Waals surface area contributed by atoms with E-state index >= 15 is 0 Å². The van der Waals surface area contributed by atoms with Gasteiger partial charge < -0.3 is 10.1 Å².